The summed E-state index contributed by atoms with van der Waals surface area (Å²) in [5.74, 6) is -0.365. The molecular formula is C31H48O4Si. The lowest BCUT2D eigenvalue weighted by Crippen LogP contribution is -2.47. The van der Waals surface area contributed by atoms with E-state index < -0.39 is 13.9 Å². The summed E-state index contributed by atoms with van der Waals surface area (Å²) < 4.78 is 18.5. The Kier molecular flexibility index (Phi) is 11.4. The zero-order valence-electron chi connectivity index (χ0n) is 23.8. The van der Waals surface area contributed by atoms with E-state index in [2.05, 4.69) is 48.1 Å². The molecule has 0 aromatic heterocycles. The fraction of sp³-hybridized carbons (Fsp3) is 0.581. The number of carbonyl (C=O) groups is 1. The minimum atomic E-state index is -1.85. The number of hydrogen-bond donors (Lipinski definition) is 0. The summed E-state index contributed by atoms with van der Waals surface area (Å²) >= 11 is 0. The molecule has 2 aromatic carbocycles. The van der Waals surface area contributed by atoms with Gasteiger partial charge in [0.25, 0.3) is 0 Å². The molecule has 0 aliphatic carbocycles. The first-order valence-corrected chi connectivity index (χ1v) is 15.7. The fourth-order valence-corrected chi connectivity index (χ4v) is 11.3. The van der Waals surface area contributed by atoms with Crippen LogP contribution >= 0.6 is 0 Å². The number of esters is 1. The van der Waals surface area contributed by atoms with E-state index in [1.165, 1.54) is 0 Å². The summed E-state index contributed by atoms with van der Waals surface area (Å²) in [5.41, 5.74) is 1.35. The number of benzene rings is 2. The number of unbranched alkanes of at least 4 members (excludes halogenated alkanes) is 1. The van der Waals surface area contributed by atoms with Crippen molar-refractivity contribution in [3.8, 4) is 0 Å². The van der Waals surface area contributed by atoms with E-state index in [1.54, 1.807) is 14.0 Å². The lowest BCUT2D eigenvalue weighted by Gasteiger charge is -2.42. The first-order valence-electron chi connectivity index (χ1n) is 13.5. The molecule has 2 rings (SSSR count). The van der Waals surface area contributed by atoms with E-state index in [1.807, 2.05) is 48.5 Å². The van der Waals surface area contributed by atoms with Crippen LogP contribution in [0.4, 0.5) is 0 Å². The van der Waals surface area contributed by atoms with Crippen molar-refractivity contribution in [2.24, 2.45) is 0 Å². The number of rotatable bonds is 15. The second kappa shape index (κ2) is 13.6. The Hall–Kier alpha value is -1.95. The highest BCUT2D eigenvalue weighted by Gasteiger charge is 2.45. The SMILES string of the molecule is C=CC[C@@H](CCCCO[Si](C(C)C)(C(C)C)C(C)C)OC(=O)[C@@](C)(OC)c1cccc2ccccc12. The zero-order valence-corrected chi connectivity index (χ0v) is 24.8. The first kappa shape index (κ1) is 30.3. The summed E-state index contributed by atoms with van der Waals surface area (Å²) in [4.78, 5) is 13.5. The van der Waals surface area contributed by atoms with E-state index in [4.69, 9.17) is 13.9 Å². The standard InChI is InChI=1S/C31H48O4Si/c1-10-16-27(19-13-14-22-34-36(23(2)3,24(4)5)25(6)7)35-30(32)31(8,33-9)29-21-15-18-26-17-11-12-20-28(26)29/h10-12,15,17-18,20-21,23-25,27H,1,13-14,16,19,22H2,2-9H3/t27-,31-/m0/s1. The predicted molar refractivity (Wildman–Crippen MR) is 154 cm³/mol. The molecule has 0 unspecified atom stereocenters. The largest absolute Gasteiger partial charge is 0.460 e. The molecule has 0 saturated carbocycles. The number of carbonyl (C=O) groups excluding carboxylic acids is 1. The van der Waals surface area contributed by atoms with Gasteiger partial charge < -0.3 is 13.9 Å². The van der Waals surface area contributed by atoms with Crippen molar-refractivity contribution < 1.29 is 18.7 Å². The van der Waals surface area contributed by atoms with Gasteiger partial charge in [0, 0.05) is 25.7 Å². The van der Waals surface area contributed by atoms with Crippen molar-refractivity contribution in [3.05, 3.63) is 60.7 Å². The molecule has 2 aromatic rings. The summed E-state index contributed by atoms with van der Waals surface area (Å²) in [6.45, 7) is 20.3. The smallest absolute Gasteiger partial charge is 0.343 e. The van der Waals surface area contributed by atoms with Crippen LogP contribution < -0.4 is 0 Å². The van der Waals surface area contributed by atoms with Crippen molar-refractivity contribution >= 4 is 25.1 Å². The van der Waals surface area contributed by atoms with Crippen LogP contribution in [0.1, 0.15) is 79.7 Å². The quantitative estimate of drug-likeness (QED) is 0.104. The van der Waals surface area contributed by atoms with Crippen molar-refractivity contribution in [2.45, 2.75) is 102 Å². The van der Waals surface area contributed by atoms with Gasteiger partial charge in [0.05, 0.1) is 0 Å². The third-order valence-corrected chi connectivity index (χ3v) is 13.9. The monoisotopic (exact) mass is 512 g/mol. The molecule has 0 N–H and O–H groups in total. The first-order chi connectivity index (χ1) is 17.0. The molecule has 2 atom stereocenters. The maximum atomic E-state index is 13.5. The van der Waals surface area contributed by atoms with Crippen LogP contribution in [0.15, 0.2) is 55.1 Å². The molecule has 0 saturated heterocycles. The highest BCUT2D eigenvalue weighted by Crippen LogP contribution is 2.42. The Morgan fingerprint density at radius 1 is 0.972 bits per heavy atom. The number of ether oxygens (including phenoxy) is 2. The van der Waals surface area contributed by atoms with Gasteiger partial charge in [-0.2, -0.15) is 0 Å². The number of fused-ring (bicyclic) bond motifs is 1. The van der Waals surface area contributed by atoms with Gasteiger partial charge in [-0.05, 0) is 53.6 Å². The van der Waals surface area contributed by atoms with Gasteiger partial charge in [0.2, 0.25) is 0 Å². The van der Waals surface area contributed by atoms with E-state index in [0.717, 1.165) is 42.2 Å². The normalized spacial score (nSPS) is 14.9. The second-order valence-corrected chi connectivity index (χ2v) is 16.4. The third kappa shape index (κ3) is 6.67. The Bertz CT molecular complexity index is 956. The fourth-order valence-electron chi connectivity index (χ4n) is 5.84. The topological polar surface area (TPSA) is 44.8 Å². The molecule has 0 aliphatic heterocycles. The van der Waals surface area contributed by atoms with E-state index >= 15 is 0 Å². The van der Waals surface area contributed by atoms with Gasteiger partial charge in [-0.25, -0.2) is 4.79 Å². The molecular weight excluding hydrogens is 464 g/mol. The summed E-state index contributed by atoms with van der Waals surface area (Å²) in [5, 5.41) is 2.06. The Balaban J connectivity index is 2.05. The Morgan fingerprint density at radius 2 is 1.58 bits per heavy atom. The van der Waals surface area contributed by atoms with Crippen molar-refractivity contribution in [1.82, 2.24) is 0 Å². The van der Waals surface area contributed by atoms with Gasteiger partial charge in [-0.1, -0.05) is 90.1 Å². The Morgan fingerprint density at radius 3 is 2.17 bits per heavy atom. The van der Waals surface area contributed by atoms with Crippen LogP contribution in [0.2, 0.25) is 16.6 Å². The van der Waals surface area contributed by atoms with Gasteiger partial charge in [0.15, 0.2) is 13.9 Å². The van der Waals surface area contributed by atoms with Gasteiger partial charge >= 0.3 is 5.97 Å². The molecule has 4 nitrogen and oxygen atoms in total. The summed E-state index contributed by atoms with van der Waals surface area (Å²) in [6.07, 6.45) is 4.87. The van der Waals surface area contributed by atoms with E-state index in [0.29, 0.717) is 23.0 Å². The van der Waals surface area contributed by atoms with Crippen LogP contribution in [0.3, 0.4) is 0 Å². The van der Waals surface area contributed by atoms with Crippen LogP contribution in [0.5, 0.6) is 0 Å². The van der Waals surface area contributed by atoms with Gasteiger partial charge in [-0.15, -0.1) is 6.58 Å². The lowest BCUT2D eigenvalue weighted by molar-refractivity contribution is -0.174. The van der Waals surface area contributed by atoms with Crippen LogP contribution in [-0.2, 0) is 24.3 Å². The maximum Gasteiger partial charge on any atom is 0.343 e. The van der Waals surface area contributed by atoms with Crippen LogP contribution in [-0.4, -0.2) is 34.1 Å². The molecule has 200 valence electrons. The average molecular weight is 513 g/mol. The minimum Gasteiger partial charge on any atom is -0.460 e. The predicted octanol–water partition coefficient (Wildman–Crippen LogP) is 8.55. The number of hydrogen-bond acceptors (Lipinski definition) is 4. The zero-order chi connectivity index (χ0) is 26.9. The number of methoxy groups -OCH3 is 1. The molecule has 36 heavy (non-hydrogen) atoms. The second-order valence-electron chi connectivity index (χ2n) is 11.0. The summed E-state index contributed by atoms with van der Waals surface area (Å²) in [7, 11) is -0.287. The minimum absolute atomic E-state index is 0.234. The summed E-state index contributed by atoms with van der Waals surface area (Å²) in [6, 6.07) is 14.0. The molecule has 0 amide bonds. The van der Waals surface area contributed by atoms with E-state index in [9.17, 15) is 4.79 Å². The maximum absolute atomic E-state index is 13.5. The third-order valence-electron chi connectivity index (χ3n) is 7.78. The van der Waals surface area contributed by atoms with Crippen molar-refractivity contribution in [1.29, 1.82) is 0 Å². The van der Waals surface area contributed by atoms with Crippen molar-refractivity contribution in [3.63, 3.8) is 0 Å². The Labute approximate surface area is 220 Å². The van der Waals surface area contributed by atoms with Gasteiger partial charge in [-0.3, -0.25) is 0 Å². The molecule has 0 bridgehead atoms. The van der Waals surface area contributed by atoms with Crippen molar-refractivity contribution in [2.75, 3.05) is 13.7 Å². The van der Waals surface area contributed by atoms with Gasteiger partial charge in [0.1, 0.15) is 6.10 Å². The molecule has 0 aliphatic rings. The highest BCUT2D eigenvalue weighted by molar-refractivity contribution is 6.77. The van der Waals surface area contributed by atoms with Crippen LogP contribution in [0.25, 0.3) is 10.8 Å². The molecule has 0 spiro atoms. The lowest BCUT2D eigenvalue weighted by atomic mass is 9.90. The van der Waals surface area contributed by atoms with Crippen LogP contribution in [0, 0.1) is 0 Å². The molecule has 0 radical (unpaired) electrons. The molecule has 0 fully saturated rings. The molecule has 5 heteroatoms. The highest BCUT2D eigenvalue weighted by atomic mass is 28.4. The average Bonchev–Trinajstić information content (AvgIpc) is 2.84. The molecule has 0 heterocycles. The van der Waals surface area contributed by atoms with E-state index in [-0.39, 0.29) is 12.1 Å².